The van der Waals surface area contributed by atoms with Crippen molar-refractivity contribution in [3.63, 3.8) is 0 Å². The van der Waals surface area contributed by atoms with Crippen molar-refractivity contribution < 1.29 is 9.90 Å². The van der Waals surface area contributed by atoms with Gasteiger partial charge in [-0.2, -0.15) is 0 Å². The molecule has 0 bridgehead atoms. The van der Waals surface area contributed by atoms with Gasteiger partial charge < -0.3 is 5.11 Å². The van der Waals surface area contributed by atoms with Crippen molar-refractivity contribution in [1.29, 1.82) is 0 Å². The average molecular weight is 211 g/mol. The standard InChI is InChI=1S/C12H21NO2/c1-7-4-11(8(7)2)13-5-10(6-13)9(3)12(14)15/h7-11H,4-6H2,1-3H3,(H,14,15). The predicted molar refractivity (Wildman–Crippen MR) is 58.6 cm³/mol. The lowest BCUT2D eigenvalue weighted by molar-refractivity contribution is -0.147. The number of carboxylic acid groups (broad SMARTS) is 1. The molecule has 1 N–H and O–H groups in total. The zero-order chi connectivity index (χ0) is 11.2. The molecule has 4 unspecified atom stereocenters. The SMILES string of the molecule is CC1CC(N2CC(C(C)C(=O)O)C2)C1C. The predicted octanol–water partition coefficient (Wildman–Crippen LogP) is 1.68. The highest BCUT2D eigenvalue weighted by Crippen LogP contribution is 2.41. The van der Waals surface area contributed by atoms with Gasteiger partial charge in [0, 0.05) is 19.1 Å². The number of carboxylic acids is 1. The quantitative estimate of drug-likeness (QED) is 0.772. The van der Waals surface area contributed by atoms with Gasteiger partial charge in [-0.05, 0) is 24.2 Å². The van der Waals surface area contributed by atoms with Gasteiger partial charge in [0.15, 0.2) is 0 Å². The second-order valence-corrected chi connectivity index (χ2v) is 5.48. The molecule has 1 saturated carbocycles. The summed E-state index contributed by atoms with van der Waals surface area (Å²) >= 11 is 0. The van der Waals surface area contributed by atoms with Crippen molar-refractivity contribution in [3.8, 4) is 0 Å². The maximum atomic E-state index is 10.8. The van der Waals surface area contributed by atoms with Gasteiger partial charge in [0.2, 0.25) is 0 Å². The molecule has 0 aromatic rings. The molecule has 3 nitrogen and oxygen atoms in total. The van der Waals surface area contributed by atoms with Crippen LogP contribution in [0.4, 0.5) is 0 Å². The molecule has 0 spiro atoms. The number of likely N-dealkylation sites (tertiary alicyclic amines) is 1. The smallest absolute Gasteiger partial charge is 0.306 e. The minimum atomic E-state index is -0.644. The highest BCUT2D eigenvalue weighted by Gasteiger charge is 2.45. The number of aliphatic carboxylic acids is 1. The van der Waals surface area contributed by atoms with Crippen LogP contribution in [-0.4, -0.2) is 35.1 Å². The summed E-state index contributed by atoms with van der Waals surface area (Å²) < 4.78 is 0. The third kappa shape index (κ3) is 1.78. The van der Waals surface area contributed by atoms with Gasteiger partial charge in [0.25, 0.3) is 0 Å². The molecule has 0 amide bonds. The molecule has 1 heterocycles. The second-order valence-electron chi connectivity index (χ2n) is 5.48. The van der Waals surface area contributed by atoms with Crippen LogP contribution in [0.5, 0.6) is 0 Å². The summed E-state index contributed by atoms with van der Waals surface area (Å²) in [5.74, 6) is 1.21. The van der Waals surface area contributed by atoms with E-state index in [4.69, 9.17) is 5.11 Å². The molecule has 2 rings (SSSR count). The highest BCUT2D eigenvalue weighted by atomic mass is 16.4. The summed E-state index contributed by atoms with van der Waals surface area (Å²) in [6.45, 7) is 8.44. The Kier molecular flexibility index (Phi) is 2.75. The molecule has 15 heavy (non-hydrogen) atoms. The van der Waals surface area contributed by atoms with Crippen molar-refractivity contribution in [1.82, 2.24) is 4.90 Å². The van der Waals surface area contributed by atoms with E-state index >= 15 is 0 Å². The first-order chi connectivity index (χ1) is 7.00. The Morgan fingerprint density at radius 1 is 1.40 bits per heavy atom. The summed E-state index contributed by atoms with van der Waals surface area (Å²) in [5.41, 5.74) is 0. The number of hydrogen-bond acceptors (Lipinski definition) is 2. The van der Waals surface area contributed by atoms with Gasteiger partial charge in [0.1, 0.15) is 0 Å². The molecule has 1 aliphatic carbocycles. The van der Waals surface area contributed by atoms with Gasteiger partial charge >= 0.3 is 5.97 Å². The van der Waals surface area contributed by atoms with Crippen LogP contribution in [0.1, 0.15) is 27.2 Å². The zero-order valence-electron chi connectivity index (χ0n) is 9.81. The van der Waals surface area contributed by atoms with Crippen LogP contribution in [0, 0.1) is 23.7 Å². The van der Waals surface area contributed by atoms with Crippen molar-refractivity contribution in [2.24, 2.45) is 23.7 Å². The molecule has 3 heteroatoms. The molecule has 0 radical (unpaired) electrons. The molecule has 2 fully saturated rings. The fourth-order valence-corrected chi connectivity index (χ4v) is 2.81. The Morgan fingerprint density at radius 2 is 2.00 bits per heavy atom. The number of nitrogens with zero attached hydrogens (tertiary/aromatic N) is 1. The lowest BCUT2D eigenvalue weighted by Crippen LogP contribution is -2.61. The molecule has 2 aliphatic rings. The summed E-state index contributed by atoms with van der Waals surface area (Å²) in [4.78, 5) is 13.3. The van der Waals surface area contributed by atoms with Gasteiger partial charge in [-0.15, -0.1) is 0 Å². The van der Waals surface area contributed by atoms with Crippen LogP contribution in [-0.2, 0) is 4.79 Å². The van der Waals surface area contributed by atoms with Crippen LogP contribution in [0.15, 0.2) is 0 Å². The van der Waals surface area contributed by atoms with E-state index in [0.29, 0.717) is 5.92 Å². The molecule has 0 aromatic carbocycles. The monoisotopic (exact) mass is 211 g/mol. The van der Waals surface area contributed by atoms with E-state index < -0.39 is 5.97 Å². The lowest BCUT2D eigenvalue weighted by Gasteiger charge is -2.54. The van der Waals surface area contributed by atoms with E-state index in [9.17, 15) is 4.79 Å². The van der Waals surface area contributed by atoms with Crippen LogP contribution in [0.25, 0.3) is 0 Å². The van der Waals surface area contributed by atoms with E-state index in [-0.39, 0.29) is 5.92 Å². The van der Waals surface area contributed by atoms with E-state index in [1.807, 2.05) is 6.92 Å². The van der Waals surface area contributed by atoms with Crippen LogP contribution < -0.4 is 0 Å². The highest BCUT2D eigenvalue weighted by molar-refractivity contribution is 5.70. The Morgan fingerprint density at radius 3 is 2.40 bits per heavy atom. The number of carbonyl (C=O) groups is 1. The van der Waals surface area contributed by atoms with Crippen LogP contribution in [0.2, 0.25) is 0 Å². The average Bonchev–Trinajstić information content (AvgIpc) is 2.13. The van der Waals surface area contributed by atoms with Crippen LogP contribution in [0.3, 0.4) is 0 Å². The number of rotatable bonds is 3. The van der Waals surface area contributed by atoms with Gasteiger partial charge in [-0.3, -0.25) is 9.69 Å². The molecule has 1 aliphatic heterocycles. The maximum absolute atomic E-state index is 10.8. The Balaban J connectivity index is 1.77. The summed E-state index contributed by atoms with van der Waals surface area (Å²) in [5, 5.41) is 8.89. The molecular formula is C12H21NO2. The molecule has 86 valence electrons. The zero-order valence-corrected chi connectivity index (χ0v) is 9.81. The minimum Gasteiger partial charge on any atom is -0.481 e. The van der Waals surface area contributed by atoms with E-state index in [0.717, 1.165) is 31.0 Å². The van der Waals surface area contributed by atoms with E-state index in [2.05, 4.69) is 18.7 Å². The van der Waals surface area contributed by atoms with Crippen molar-refractivity contribution >= 4 is 5.97 Å². The third-order valence-corrected chi connectivity index (χ3v) is 4.62. The first-order valence-corrected chi connectivity index (χ1v) is 5.97. The Labute approximate surface area is 91.5 Å². The Hall–Kier alpha value is -0.570. The molecule has 0 aromatic heterocycles. The minimum absolute atomic E-state index is 0.172. The molecule has 4 atom stereocenters. The van der Waals surface area contributed by atoms with Crippen molar-refractivity contribution in [3.05, 3.63) is 0 Å². The Bertz CT molecular complexity index is 260. The molecule has 1 saturated heterocycles. The first-order valence-electron chi connectivity index (χ1n) is 5.97. The summed E-state index contributed by atoms with van der Waals surface area (Å²) in [6.07, 6.45) is 1.30. The summed E-state index contributed by atoms with van der Waals surface area (Å²) in [7, 11) is 0. The van der Waals surface area contributed by atoms with E-state index in [1.165, 1.54) is 6.42 Å². The van der Waals surface area contributed by atoms with E-state index in [1.54, 1.807) is 0 Å². The maximum Gasteiger partial charge on any atom is 0.306 e. The first kappa shape index (κ1) is 10.9. The summed E-state index contributed by atoms with van der Waals surface area (Å²) in [6, 6.07) is 0.734. The van der Waals surface area contributed by atoms with Crippen LogP contribution >= 0.6 is 0 Å². The second kappa shape index (κ2) is 3.78. The third-order valence-electron chi connectivity index (χ3n) is 4.62. The van der Waals surface area contributed by atoms with Gasteiger partial charge in [0.05, 0.1) is 5.92 Å². The molecular weight excluding hydrogens is 190 g/mol. The fourth-order valence-electron chi connectivity index (χ4n) is 2.81. The largest absolute Gasteiger partial charge is 0.481 e. The van der Waals surface area contributed by atoms with Crippen molar-refractivity contribution in [2.75, 3.05) is 13.1 Å². The normalized spacial score (nSPS) is 39.3. The van der Waals surface area contributed by atoms with Crippen molar-refractivity contribution in [2.45, 2.75) is 33.2 Å². The fraction of sp³-hybridized carbons (Fsp3) is 0.917. The number of hydrogen-bond donors (Lipinski definition) is 1. The van der Waals surface area contributed by atoms with Gasteiger partial charge in [-0.25, -0.2) is 0 Å². The lowest BCUT2D eigenvalue weighted by atomic mass is 9.68. The topological polar surface area (TPSA) is 40.5 Å². The van der Waals surface area contributed by atoms with Gasteiger partial charge in [-0.1, -0.05) is 20.8 Å².